The van der Waals surface area contributed by atoms with Gasteiger partial charge in [-0.3, -0.25) is 0 Å². The van der Waals surface area contributed by atoms with Gasteiger partial charge in [0, 0.05) is 0 Å². The van der Waals surface area contributed by atoms with Gasteiger partial charge in [0.2, 0.25) is 0 Å². The van der Waals surface area contributed by atoms with Crippen molar-refractivity contribution in [1.82, 2.24) is 0 Å². The lowest BCUT2D eigenvalue weighted by molar-refractivity contribution is -0.179. The molecule has 256 valence electrons. The molecule has 0 aliphatic carbocycles. The van der Waals surface area contributed by atoms with Crippen LogP contribution in [0.1, 0.15) is 66.8 Å². The molecule has 0 saturated carbocycles. The molecule has 0 aliphatic heterocycles. The first kappa shape index (κ1) is 36.6. The number of hydrogen-bond donors (Lipinski definition) is 0. The van der Waals surface area contributed by atoms with Gasteiger partial charge in [0.05, 0.1) is 0 Å². The Labute approximate surface area is 288 Å². The fraction of sp³-hybridized carbons (Fsp3) is 0.317. The van der Waals surface area contributed by atoms with Crippen molar-refractivity contribution < 1.29 is 38.1 Å². The molecule has 0 bridgehead atoms. The van der Waals surface area contributed by atoms with E-state index in [2.05, 4.69) is 0 Å². The maximum atomic E-state index is 14.6. The summed E-state index contributed by atoms with van der Waals surface area (Å²) in [5.74, 6) is -5.88. The highest BCUT2D eigenvalue weighted by molar-refractivity contribution is 6.34. The summed E-state index contributed by atoms with van der Waals surface area (Å²) in [4.78, 5) is 58.3. The Morgan fingerprint density at radius 2 is 0.510 bits per heavy atom. The van der Waals surface area contributed by atoms with E-state index in [-0.39, 0.29) is 23.0 Å². The molecule has 8 nitrogen and oxygen atoms in total. The number of carbonyl (C=O) groups is 4. The monoisotopic (exact) mass is 664 g/mol. The third-order valence-corrected chi connectivity index (χ3v) is 10.1. The first-order valence-electron chi connectivity index (χ1n) is 16.1. The van der Waals surface area contributed by atoms with E-state index in [1.54, 1.807) is 52.0 Å². The lowest BCUT2D eigenvalue weighted by Gasteiger charge is -2.27. The summed E-state index contributed by atoms with van der Waals surface area (Å²) in [6, 6.07) is 13.1. The number of benzene rings is 4. The minimum Gasteiger partial charge on any atom is -0.425 e. The van der Waals surface area contributed by atoms with Gasteiger partial charge in [-0.1, -0.05) is 24.3 Å². The molecule has 0 amide bonds. The molecule has 0 heterocycles. The number of rotatable bonds is 8. The fourth-order valence-corrected chi connectivity index (χ4v) is 5.37. The van der Waals surface area contributed by atoms with Crippen molar-refractivity contribution in [3.05, 3.63) is 115 Å². The number of ether oxygens (including phenoxy) is 4. The lowest BCUT2D eigenvalue weighted by atomic mass is 9.87. The van der Waals surface area contributed by atoms with E-state index >= 15 is 0 Å². The molecule has 0 aromatic heterocycles. The van der Waals surface area contributed by atoms with Crippen LogP contribution in [0.4, 0.5) is 0 Å². The Hall–Kier alpha value is -5.24. The van der Waals surface area contributed by atoms with Crippen LogP contribution < -0.4 is 18.9 Å². The normalized spacial score (nSPS) is 11.2. The van der Waals surface area contributed by atoms with E-state index < -0.39 is 29.3 Å². The number of hydrogen-bond acceptors (Lipinski definition) is 8. The number of esters is 4. The smallest absolute Gasteiger partial charge is 0.357 e. The summed E-state index contributed by atoms with van der Waals surface area (Å²) in [7, 11) is 0. The van der Waals surface area contributed by atoms with Crippen LogP contribution >= 0.6 is 0 Å². The van der Waals surface area contributed by atoms with Crippen LogP contribution in [-0.2, 0) is 19.2 Å². The molecule has 0 atom stereocenters. The van der Waals surface area contributed by atoms with Crippen LogP contribution in [0.2, 0.25) is 0 Å². The number of aryl methyl sites for hydroxylation is 4. The number of carbonyl (C=O) groups excluding carboxylic acids is 4. The highest BCUT2D eigenvalue weighted by atomic mass is 16.6. The van der Waals surface area contributed by atoms with Crippen molar-refractivity contribution in [1.29, 1.82) is 0 Å². The third-order valence-electron chi connectivity index (χ3n) is 10.1. The molecule has 0 unspecified atom stereocenters. The maximum absolute atomic E-state index is 14.6. The van der Waals surface area contributed by atoms with Gasteiger partial charge in [-0.25, -0.2) is 19.2 Å². The van der Waals surface area contributed by atoms with Gasteiger partial charge in [0.15, 0.2) is 0 Å². The first-order valence-corrected chi connectivity index (χ1v) is 16.1. The van der Waals surface area contributed by atoms with Crippen LogP contribution in [0.5, 0.6) is 23.0 Å². The summed E-state index contributed by atoms with van der Waals surface area (Å²) < 4.78 is 23.2. The van der Waals surface area contributed by atoms with Crippen molar-refractivity contribution in [3.63, 3.8) is 0 Å². The average molecular weight is 665 g/mol. The standard InChI is InChI=1S/C41H44O8/c1-21-13-17-33(29(9)25(21)5)46-37(42)41(38(43)47-34-18-14-22(2)26(6)30(34)10,39(44)48-35-19-15-23(3)27(7)31(35)11)40(45)49-36-20-16-24(4)28(8)32(36)12/h13-20H,1-12H3. The van der Waals surface area contributed by atoms with Crippen LogP contribution in [0.15, 0.2) is 48.5 Å². The van der Waals surface area contributed by atoms with Crippen LogP contribution in [0.25, 0.3) is 0 Å². The molecule has 8 heteroatoms. The van der Waals surface area contributed by atoms with Crippen molar-refractivity contribution in [3.8, 4) is 23.0 Å². The molecular weight excluding hydrogens is 620 g/mol. The van der Waals surface area contributed by atoms with E-state index in [0.29, 0.717) is 22.3 Å². The molecule has 0 N–H and O–H groups in total. The van der Waals surface area contributed by atoms with E-state index in [1.165, 1.54) is 24.3 Å². The summed E-state index contributed by atoms with van der Waals surface area (Å²) in [6.07, 6.45) is 0. The topological polar surface area (TPSA) is 105 Å². The minimum absolute atomic E-state index is 0.0537. The molecule has 0 fully saturated rings. The predicted molar refractivity (Wildman–Crippen MR) is 188 cm³/mol. The van der Waals surface area contributed by atoms with E-state index in [1.807, 2.05) is 55.4 Å². The molecule has 49 heavy (non-hydrogen) atoms. The SMILES string of the molecule is Cc1ccc(OC(=O)C(C(=O)Oc2ccc(C)c(C)c2C)(C(=O)Oc2ccc(C)c(C)c2C)C(=O)Oc2ccc(C)c(C)c2C)c(C)c1C. The average Bonchev–Trinajstić information content (AvgIpc) is 3.06. The van der Waals surface area contributed by atoms with Crippen molar-refractivity contribution in [2.75, 3.05) is 0 Å². The van der Waals surface area contributed by atoms with Gasteiger partial charge in [0.1, 0.15) is 23.0 Å². The molecule has 4 aromatic rings. The second kappa shape index (κ2) is 14.1. The third kappa shape index (κ3) is 6.73. The zero-order valence-electron chi connectivity index (χ0n) is 30.4. The van der Waals surface area contributed by atoms with Crippen LogP contribution in [0, 0.1) is 88.5 Å². The Balaban J connectivity index is 1.98. The fourth-order valence-electron chi connectivity index (χ4n) is 5.37. The molecular formula is C41H44O8. The Morgan fingerprint density at radius 3 is 0.694 bits per heavy atom. The van der Waals surface area contributed by atoms with Gasteiger partial charge in [-0.05, 0) is 174 Å². The summed E-state index contributed by atoms with van der Waals surface area (Å²) in [5.41, 5.74) is 5.99. The largest absolute Gasteiger partial charge is 0.425 e. The van der Waals surface area contributed by atoms with Gasteiger partial charge in [-0.15, -0.1) is 0 Å². The molecule has 0 aliphatic rings. The van der Waals surface area contributed by atoms with Crippen molar-refractivity contribution >= 4 is 23.9 Å². The summed E-state index contributed by atoms with van der Waals surface area (Å²) in [6.45, 7) is 21.9. The quantitative estimate of drug-likeness (QED) is 0.106. The first-order chi connectivity index (χ1) is 22.9. The highest BCUT2D eigenvalue weighted by Crippen LogP contribution is 2.36. The zero-order valence-corrected chi connectivity index (χ0v) is 30.4. The van der Waals surface area contributed by atoms with Gasteiger partial charge < -0.3 is 18.9 Å². The maximum Gasteiger partial charge on any atom is 0.357 e. The van der Waals surface area contributed by atoms with Crippen LogP contribution in [-0.4, -0.2) is 23.9 Å². The summed E-state index contributed by atoms with van der Waals surface area (Å²) >= 11 is 0. The molecule has 0 spiro atoms. The zero-order chi connectivity index (χ0) is 36.5. The highest BCUT2D eigenvalue weighted by Gasteiger charge is 2.67. The van der Waals surface area contributed by atoms with E-state index in [9.17, 15) is 19.2 Å². The molecule has 4 aromatic carbocycles. The van der Waals surface area contributed by atoms with Gasteiger partial charge in [0.25, 0.3) is 0 Å². The van der Waals surface area contributed by atoms with Gasteiger partial charge in [-0.2, -0.15) is 0 Å². The second-order valence-electron chi connectivity index (χ2n) is 12.8. The molecule has 0 saturated heterocycles. The van der Waals surface area contributed by atoms with E-state index in [0.717, 1.165) is 44.5 Å². The van der Waals surface area contributed by atoms with Crippen molar-refractivity contribution in [2.24, 2.45) is 5.41 Å². The lowest BCUT2D eigenvalue weighted by Crippen LogP contribution is -2.59. The Bertz CT molecular complexity index is 1730. The van der Waals surface area contributed by atoms with Crippen LogP contribution in [0.3, 0.4) is 0 Å². The predicted octanol–water partition coefficient (Wildman–Crippen LogP) is 8.10. The molecule has 4 rings (SSSR count). The Kier molecular flexibility index (Phi) is 10.5. The van der Waals surface area contributed by atoms with E-state index in [4.69, 9.17) is 18.9 Å². The molecule has 0 radical (unpaired) electrons. The minimum atomic E-state index is -3.37. The Morgan fingerprint density at radius 1 is 0.327 bits per heavy atom. The summed E-state index contributed by atoms with van der Waals surface area (Å²) in [5, 5.41) is 0. The van der Waals surface area contributed by atoms with Gasteiger partial charge >= 0.3 is 29.3 Å². The van der Waals surface area contributed by atoms with Crippen molar-refractivity contribution in [2.45, 2.75) is 83.1 Å². The second-order valence-corrected chi connectivity index (χ2v) is 12.8.